The highest BCUT2D eigenvalue weighted by Crippen LogP contribution is 2.42. The van der Waals surface area contributed by atoms with E-state index in [9.17, 15) is 19.1 Å². The van der Waals surface area contributed by atoms with Crippen LogP contribution >= 0.6 is 7.60 Å². The smallest absolute Gasteiger partial charge is 0.327 e. The lowest BCUT2D eigenvalue weighted by Gasteiger charge is -2.34. The molecule has 1 aliphatic heterocycles. The molecule has 4 N–H and O–H groups in total. The second kappa shape index (κ2) is 6.81. The molecule has 0 bridgehead atoms. The molecule has 1 aliphatic rings. The van der Waals surface area contributed by atoms with Crippen LogP contribution in [0.4, 0.5) is 5.95 Å². The molecule has 1 unspecified atom stereocenters. The van der Waals surface area contributed by atoms with Gasteiger partial charge in [-0.05, 0) is 12.8 Å². The van der Waals surface area contributed by atoms with Gasteiger partial charge in [0.2, 0.25) is 5.95 Å². The fraction of sp³-hybridized carbons (Fsp3) is 0.692. The van der Waals surface area contributed by atoms with Crippen molar-refractivity contribution < 1.29 is 19.1 Å². The molecule has 1 amide bonds. The van der Waals surface area contributed by atoms with E-state index in [1.54, 1.807) is 4.57 Å². The number of nitrogens with two attached hydrogens (primary N) is 1. The molecule has 0 radical (unpaired) electrons. The van der Waals surface area contributed by atoms with Crippen molar-refractivity contribution >= 4 is 19.5 Å². The predicted molar refractivity (Wildman–Crippen MR) is 83.0 cm³/mol. The summed E-state index contributed by atoms with van der Waals surface area (Å²) in [5.74, 6) is -0.0556. The van der Waals surface area contributed by atoms with Crippen LogP contribution in [0.25, 0.3) is 0 Å². The standard InChI is InChI=1S/C13H23N4O4P/c1-2-3-4-6-16-7-5-10(9-22(19,20)21)17-8-11(12(14)18)15-13(16)17/h8,10H,2-7,9H2,1H3,(H2,14,18)(H2,19,20,21). The van der Waals surface area contributed by atoms with Crippen LogP contribution in [0.5, 0.6) is 0 Å². The van der Waals surface area contributed by atoms with E-state index < -0.39 is 13.5 Å². The normalized spacial score (nSPS) is 18.3. The summed E-state index contributed by atoms with van der Waals surface area (Å²) in [7, 11) is -4.13. The number of rotatable bonds is 7. The van der Waals surface area contributed by atoms with E-state index in [-0.39, 0.29) is 17.9 Å². The topological polar surface area (TPSA) is 122 Å². The molecular formula is C13H23N4O4P. The van der Waals surface area contributed by atoms with Crippen molar-refractivity contribution in [2.45, 2.75) is 38.6 Å². The quantitative estimate of drug-likeness (QED) is 0.508. The van der Waals surface area contributed by atoms with Crippen molar-refractivity contribution in [1.29, 1.82) is 0 Å². The van der Waals surface area contributed by atoms with Crippen molar-refractivity contribution in [3.05, 3.63) is 11.9 Å². The fourth-order valence-electron chi connectivity index (χ4n) is 2.77. The van der Waals surface area contributed by atoms with Gasteiger partial charge in [-0.3, -0.25) is 9.36 Å². The second-order valence-corrected chi connectivity index (χ2v) is 7.38. The first-order chi connectivity index (χ1) is 10.3. The first-order valence-corrected chi connectivity index (χ1v) is 9.29. The predicted octanol–water partition coefficient (Wildman–Crippen LogP) is 1.10. The van der Waals surface area contributed by atoms with Gasteiger partial charge in [-0.1, -0.05) is 19.8 Å². The lowest BCUT2D eigenvalue weighted by molar-refractivity contribution is 0.0996. The monoisotopic (exact) mass is 330 g/mol. The number of nitrogens with zero attached hydrogens (tertiary/aromatic N) is 3. The van der Waals surface area contributed by atoms with Gasteiger partial charge in [0.1, 0.15) is 5.69 Å². The summed E-state index contributed by atoms with van der Waals surface area (Å²) in [5.41, 5.74) is 5.41. The summed E-state index contributed by atoms with van der Waals surface area (Å²) in [6.45, 7) is 3.60. The van der Waals surface area contributed by atoms with Gasteiger partial charge in [0.05, 0.1) is 6.16 Å². The van der Waals surface area contributed by atoms with Gasteiger partial charge in [-0.15, -0.1) is 0 Å². The van der Waals surface area contributed by atoms with Crippen molar-refractivity contribution in [3.63, 3.8) is 0 Å². The highest BCUT2D eigenvalue weighted by Gasteiger charge is 2.31. The summed E-state index contributed by atoms with van der Waals surface area (Å²) < 4.78 is 13.0. The molecule has 0 spiro atoms. The maximum atomic E-state index is 11.4. The highest BCUT2D eigenvalue weighted by atomic mass is 31.2. The van der Waals surface area contributed by atoms with Gasteiger partial charge in [0.25, 0.3) is 5.91 Å². The Bertz CT molecular complexity index is 583. The average Bonchev–Trinajstić information content (AvgIpc) is 2.85. The van der Waals surface area contributed by atoms with Crippen LogP contribution in [0.15, 0.2) is 6.20 Å². The Balaban J connectivity index is 2.25. The first-order valence-electron chi connectivity index (χ1n) is 7.50. The number of carbonyl (C=O) groups excluding carboxylic acids is 1. The Hall–Kier alpha value is -1.37. The maximum Gasteiger partial charge on any atom is 0.327 e. The number of unbranched alkanes of at least 4 members (excludes halogenated alkanes) is 2. The molecule has 1 atom stereocenters. The number of amides is 1. The Morgan fingerprint density at radius 2 is 2.23 bits per heavy atom. The highest BCUT2D eigenvalue weighted by molar-refractivity contribution is 7.51. The van der Waals surface area contributed by atoms with Crippen LogP contribution in [0, 0.1) is 0 Å². The number of fused-ring (bicyclic) bond motifs is 1. The van der Waals surface area contributed by atoms with E-state index in [1.165, 1.54) is 6.20 Å². The third kappa shape index (κ3) is 4.09. The van der Waals surface area contributed by atoms with E-state index in [2.05, 4.69) is 16.8 Å². The lowest BCUT2D eigenvalue weighted by atomic mass is 10.1. The average molecular weight is 330 g/mol. The van der Waals surface area contributed by atoms with Gasteiger partial charge < -0.3 is 25.0 Å². The Kier molecular flexibility index (Phi) is 5.26. The van der Waals surface area contributed by atoms with E-state index in [0.717, 1.165) is 25.8 Å². The summed E-state index contributed by atoms with van der Waals surface area (Å²) in [4.78, 5) is 36.1. The van der Waals surface area contributed by atoms with E-state index in [4.69, 9.17) is 5.73 Å². The number of aromatic nitrogens is 2. The van der Waals surface area contributed by atoms with E-state index in [1.807, 2.05) is 0 Å². The molecule has 9 heteroatoms. The molecule has 2 heterocycles. The van der Waals surface area contributed by atoms with Crippen LogP contribution in [0.2, 0.25) is 0 Å². The van der Waals surface area contributed by atoms with E-state index >= 15 is 0 Å². The van der Waals surface area contributed by atoms with Crippen LogP contribution in [0.3, 0.4) is 0 Å². The number of anilines is 1. The summed E-state index contributed by atoms with van der Waals surface area (Å²) in [5, 5.41) is 0. The van der Waals surface area contributed by atoms with Gasteiger partial charge in [-0.25, -0.2) is 4.98 Å². The minimum atomic E-state index is -4.13. The van der Waals surface area contributed by atoms with Crippen molar-refractivity contribution in [2.24, 2.45) is 5.73 Å². The van der Waals surface area contributed by atoms with E-state index in [0.29, 0.717) is 18.9 Å². The molecule has 0 saturated carbocycles. The molecule has 0 fully saturated rings. The maximum absolute atomic E-state index is 11.4. The minimum absolute atomic E-state index is 0.133. The van der Waals surface area contributed by atoms with Crippen LogP contribution < -0.4 is 10.6 Å². The van der Waals surface area contributed by atoms with Gasteiger partial charge >= 0.3 is 7.60 Å². The molecule has 124 valence electrons. The first kappa shape index (κ1) is 17.0. The molecule has 8 nitrogen and oxygen atoms in total. The van der Waals surface area contributed by atoms with Gasteiger partial charge in [-0.2, -0.15) is 0 Å². The molecule has 2 rings (SSSR count). The molecule has 22 heavy (non-hydrogen) atoms. The van der Waals surface area contributed by atoms with Crippen molar-refractivity contribution in [3.8, 4) is 0 Å². The zero-order valence-corrected chi connectivity index (χ0v) is 13.6. The van der Waals surface area contributed by atoms with Gasteiger partial charge in [0, 0.05) is 25.3 Å². The Morgan fingerprint density at radius 3 is 2.82 bits per heavy atom. The number of hydrogen-bond donors (Lipinski definition) is 3. The Morgan fingerprint density at radius 1 is 1.50 bits per heavy atom. The molecule has 1 aromatic rings. The fourth-order valence-corrected chi connectivity index (χ4v) is 3.68. The van der Waals surface area contributed by atoms with Crippen molar-refractivity contribution in [1.82, 2.24) is 9.55 Å². The number of carbonyl (C=O) groups is 1. The van der Waals surface area contributed by atoms with Crippen LogP contribution in [-0.2, 0) is 4.57 Å². The van der Waals surface area contributed by atoms with Crippen LogP contribution in [0.1, 0.15) is 49.1 Å². The molecule has 0 aliphatic carbocycles. The number of imidazole rings is 1. The molecular weight excluding hydrogens is 307 g/mol. The molecule has 0 saturated heterocycles. The molecule has 1 aromatic heterocycles. The zero-order chi connectivity index (χ0) is 16.3. The largest absolute Gasteiger partial charge is 0.364 e. The van der Waals surface area contributed by atoms with Crippen molar-refractivity contribution in [2.75, 3.05) is 24.2 Å². The van der Waals surface area contributed by atoms with Crippen LogP contribution in [-0.4, -0.2) is 44.5 Å². The number of hydrogen-bond acceptors (Lipinski definition) is 4. The van der Waals surface area contributed by atoms with Gasteiger partial charge in [0.15, 0.2) is 0 Å². The number of primary amides is 1. The second-order valence-electron chi connectivity index (χ2n) is 5.68. The summed E-state index contributed by atoms with van der Waals surface area (Å²) in [6, 6.07) is -0.362. The third-order valence-electron chi connectivity index (χ3n) is 3.85. The Labute approximate surface area is 129 Å². The lowest BCUT2D eigenvalue weighted by Crippen LogP contribution is -2.36. The summed E-state index contributed by atoms with van der Waals surface area (Å²) in [6.07, 6.45) is 5.08. The minimum Gasteiger partial charge on any atom is -0.364 e. The zero-order valence-electron chi connectivity index (χ0n) is 12.7. The SMILES string of the molecule is CCCCCN1CCC(CP(=O)(O)O)n2cc(C(N)=O)nc21. The third-order valence-corrected chi connectivity index (χ3v) is 4.75. The molecule has 0 aromatic carbocycles. The summed E-state index contributed by atoms with van der Waals surface area (Å²) >= 11 is 0.